The topological polar surface area (TPSA) is 65.2 Å². The Hall–Kier alpha value is -2.17. The molecule has 0 unspecified atom stereocenters. The lowest BCUT2D eigenvalue weighted by atomic mass is 10.3. The number of rotatable bonds is 3. The van der Waals surface area contributed by atoms with E-state index in [2.05, 4.69) is 9.97 Å². The molecule has 0 fully saturated rings. The van der Waals surface area contributed by atoms with E-state index in [1.807, 2.05) is 6.92 Å². The second-order valence-corrected chi connectivity index (χ2v) is 3.64. The van der Waals surface area contributed by atoms with Crippen molar-refractivity contribution in [1.82, 2.24) is 9.97 Å². The number of aryl methyl sites for hydroxylation is 2. The van der Waals surface area contributed by atoms with E-state index >= 15 is 0 Å². The fourth-order valence-electron chi connectivity index (χ4n) is 1.47. The van der Waals surface area contributed by atoms with Crippen LogP contribution in [0.1, 0.15) is 27.6 Å². The van der Waals surface area contributed by atoms with Gasteiger partial charge in [-0.25, -0.2) is 14.8 Å². The highest BCUT2D eigenvalue weighted by Gasteiger charge is 2.09. The minimum absolute atomic E-state index is 0.133. The molecule has 0 atom stereocenters. The van der Waals surface area contributed by atoms with Gasteiger partial charge in [0.05, 0.1) is 17.5 Å². The van der Waals surface area contributed by atoms with Crippen LogP contribution in [0.15, 0.2) is 29.1 Å². The molecule has 0 aliphatic heterocycles. The van der Waals surface area contributed by atoms with Crippen LogP contribution in [-0.2, 0) is 11.3 Å². The van der Waals surface area contributed by atoms with Crippen LogP contribution in [0, 0.1) is 13.8 Å². The Bertz CT molecular complexity index is 500. The first-order valence-corrected chi connectivity index (χ1v) is 5.15. The number of hydrogen-bond acceptors (Lipinski definition) is 5. The number of aromatic nitrogens is 2. The van der Waals surface area contributed by atoms with E-state index < -0.39 is 5.97 Å². The average Bonchev–Trinajstić information content (AvgIpc) is 2.78. The van der Waals surface area contributed by atoms with Gasteiger partial charge < -0.3 is 9.15 Å². The third kappa shape index (κ3) is 2.90. The number of carbonyl (C=O) groups is 1. The van der Waals surface area contributed by atoms with Gasteiger partial charge in [-0.2, -0.15) is 0 Å². The Labute approximate surface area is 98.5 Å². The number of ether oxygens (including phenoxy) is 1. The predicted octanol–water partition coefficient (Wildman–Crippen LogP) is 2.04. The molecular formula is C12H12N2O3. The van der Waals surface area contributed by atoms with E-state index in [1.165, 1.54) is 12.5 Å². The quantitative estimate of drug-likeness (QED) is 0.757. The van der Waals surface area contributed by atoms with Crippen molar-refractivity contribution in [3.8, 4) is 0 Å². The fourth-order valence-corrected chi connectivity index (χ4v) is 1.47. The average molecular weight is 232 g/mol. The molecule has 0 aromatic carbocycles. The molecule has 5 nitrogen and oxygen atoms in total. The van der Waals surface area contributed by atoms with E-state index in [0.717, 1.165) is 5.69 Å². The zero-order valence-electron chi connectivity index (χ0n) is 9.64. The van der Waals surface area contributed by atoms with E-state index in [0.29, 0.717) is 17.1 Å². The smallest absolute Gasteiger partial charge is 0.341 e. The van der Waals surface area contributed by atoms with Crippen LogP contribution < -0.4 is 0 Å². The van der Waals surface area contributed by atoms with Gasteiger partial charge in [-0.3, -0.25) is 0 Å². The summed E-state index contributed by atoms with van der Waals surface area (Å²) in [6.07, 6.45) is 2.77. The number of carbonyl (C=O) groups excluding carboxylic acids is 1. The zero-order chi connectivity index (χ0) is 12.3. The molecule has 2 rings (SSSR count). The van der Waals surface area contributed by atoms with Crippen LogP contribution >= 0.6 is 0 Å². The molecule has 88 valence electrons. The van der Waals surface area contributed by atoms with Crippen molar-refractivity contribution >= 4 is 5.97 Å². The van der Waals surface area contributed by atoms with Gasteiger partial charge in [0.15, 0.2) is 0 Å². The Balaban J connectivity index is 2.00. The van der Waals surface area contributed by atoms with E-state index in [-0.39, 0.29) is 6.61 Å². The summed E-state index contributed by atoms with van der Waals surface area (Å²) in [5.41, 5.74) is 1.94. The van der Waals surface area contributed by atoms with Gasteiger partial charge in [-0.1, -0.05) is 0 Å². The van der Waals surface area contributed by atoms with Crippen molar-refractivity contribution in [3.63, 3.8) is 0 Å². The van der Waals surface area contributed by atoms with Gasteiger partial charge in [0.2, 0.25) is 0 Å². The molecule has 17 heavy (non-hydrogen) atoms. The third-order valence-electron chi connectivity index (χ3n) is 2.13. The molecule has 0 saturated carbocycles. The van der Waals surface area contributed by atoms with E-state index in [1.54, 1.807) is 19.1 Å². The molecule has 5 heteroatoms. The summed E-state index contributed by atoms with van der Waals surface area (Å²) in [7, 11) is 0. The lowest BCUT2D eigenvalue weighted by Crippen LogP contribution is -2.06. The standard InChI is InChI=1S/C12H12N2O3/c1-8-5-11(14-9(2)13-8)7-17-12(15)10-3-4-16-6-10/h3-6H,7H2,1-2H3. The fraction of sp³-hybridized carbons (Fsp3) is 0.250. The highest BCUT2D eigenvalue weighted by molar-refractivity contribution is 5.88. The van der Waals surface area contributed by atoms with Crippen LogP contribution in [0.4, 0.5) is 0 Å². The van der Waals surface area contributed by atoms with Crippen molar-refractivity contribution in [1.29, 1.82) is 0 Å². The molecular weight excluding hydrogens is 220 g/mol. The van der Waals surface area contributed by atoms with Crippen molar-refractivity contribution in [2.45, 2.75) is 20.5 Å². The maximum atomic E-state index is 11.5. The maximum Gasteiger partial charge on any atom is 0.341 e. The monoisotopic (exact) mass is 232 g/mol. The summed E-state index contributed by atoms with van der Waals surface area (Å²) in [6.45, 7) is 3.80. The largest absolute Gasteiger partial charge is 0.472 e. The lowest BCUT2D eigenvalue weighted by molar-refractivity contribution is 0.0466. The van der Waals surface area contributed by atoms with Crippen molar-refractivity contribution in [2.24, 2.45) is 0 Å². The molecule has 0 N–H and O–H groups in total. The van der Waals surface area contributed by atoms with E-state index in [4.69, 9.17) is 9.15 Å². The summed E-state index contributed by atoms with van der Waals surface area (Å²) in [6, 6.07) is 3.34. The molecule has 0 spiro atoms. The first-order valence-electron chi connectivity index (χ1n) is 5.15. The molecule has 0 bridgehead atoms. The Morgan fingerprint density at radius 1 is 1.41 bits per heavy atom. The van der Waals surface area contributed by atoms with Crippen LogP contribution in [0.5, 0.6) is 0 Å². The molecule has 0 aliphatic carbocycles. The molecule has 0 saturated heterocycles. The Morgan fingerprint density at radius 3 is 2.88 bits per heavy atom. The van der Waals surface area contributed by atoms with Crippen molar-refractivity contribution in [3.05, 3.63) is 47.4 Å². The van der Waals surface area contributed by atoms with Gasteiger partial charge in [-0.15, -0.1) is 0 Å². The molecule has 0 amide bonds. The van der Waals surface area contributed by atoms with Gasteiger partial charge in [0.1, 0.15) is 18.7 Å². The summed E-state index contributed by atoms with van der Waals surface area (Å²) in [4.78, 5) is 19.8. The highest BCUT2D eigenvalue weighted by atomic mass is 16.5. The van der Waals surface area contributed by atoms with Crippen LogP contribution in [-0.4, -0.2) is 15.9 Å². The summed E-state index contributed by atoms with van der Waals surface area (Å²) in [5.74, 6) is 0.243. The summed E-state index contributed by atoms with van der Waals surface area (Å²) < 4.78 is 9.89. The van der Waals surface area contributed by atoms with Gasteiger partial charge in [-0.05, 0) is 26.0 Å². The van der Waals surface area contributed by atoms with E-state index in [9.17, 15) is 4.79 Å². The second kappa shape index (κ2) is 4.78. The summed E-state index contributed by atoms with van der Waals surface area (Å²) in [5, 5.41) is 0. The molecule has 2 aromatic rings. The minimum Gasteiger partial charge on any atom is -0.472 e. The molecule has 0 radical (unpaired) electrons. The van der Waals surface area contributed by atoms with Crippen LogP contribution in [0.2, 0.25) is 0 Å². The van der Waals surface area contributed by atoms with Gasteiger partial charge in [0, 0.05) is 5.69 Å². The Morgan fingerprint density at radius 2 is 2.24 bits per heavy atom. The normalized spacial score (nSPS) is 10.2. The molecule has 0 aliphatic rings. The van der Waals surface area contributed by atoms with Crippen LogP contribution in [0.3, 0.4) is 0 Å². The lowest BCUT2D eigenvalue weighted by Gasteiger charge is -2.04. The number of hydrogen-bond donors (Lipinski definition) is 0. The Kier molecular flexibility index (Phi) is 3.18. The predicted molar refractivity (Wildman–Crippen MR) is 59.3 cm³/mol. The first kappa shape index (κ1) is 11.3. The second-order valence-electron chi connectivity index (χ2n) is 3.64. The minimum atomic E-state index is -0.423. The molecule has 2 heterocycles. The summed E-state index contributed by atoms with van der Waals surface area (Å²) >= 11 is 0. The number of furan rings is 1. The van der Waals surface area contributed by atoms with Crippen molar-refractivity contribution < 1.29 is 13.9 Å². The first-order chi connectivity index (χ1) is 8.15. The molecule has 2 aromatic heterocycles. The maximum absolute atomic E-state index is 11.5. The number of esters is 1. The van der Waals surface area contributed by atoms with Crippen molar-refractivity contribution in [2.75, 3.05) is 0 Å². The SMILES string of the molecule is Cc1cc(COC(=O)c2ccoc2)nc(C)n1. The number of nitrogens with zero attached hydrogens (tertiary/aromatic N) is 2. The highest BCUT2D eigenvalue weighted by Crippen LogP contribution is 2.06. The third-order valence-corrected chi connectivity index (χ3v) is 2.13. The van der Waals surface area contributed by atoms with Gasteiger partial charge in [0.25, 0.3) is 0 Å². The van der Waals surface area contributed by atoms with Crippen LogP contribution in [0.25, 0.3) is 0 Å². The zero-order valence-corrected chi connectivity index (χ0v) is 9.64. The van der Waals surface area contributed by atoms with Gasteiger partial charge >= 0.3 is 5.97 Å².